The number of thiazole rings is 1. The predicted octanol–water partition coefficient (Wildman–Crippen LogP) is 9.79. The fraction of sp³-hybridized carbons (Fsp3) is 0.629. The molecule has 0 spiro atoms. The molecule has 0 fully saturated rings. The van der Waals surface area contributed by atoms with Crippen LogP contribution in [0.5, 0.6) is 0 Å². The summed E-state index contributed by atoms with van der Waals surface area (Å²) in [5.74, 6) is 1.26. The molecule has 3 rings (SSSR count). The van der Waals surface area contributed by atoms with Gasteiger partial charge >= 0.3 is 0 Å². The molecule has 6 heteroatoms. The average Bonchev–Trinajstić information content (AvgIpc) is 3.49. The molecule has 1 aliphatic heterocycles. The van der Waals surface area contributed by atoms with Gasteiger partial charge in [0.1, 0.15) is 0 Å². The lowest BCUT2D eigenvalue weighted by Crippen LogP contribution is -2.34. The van der Waals surface area contributed by atoms with E-state index in [1.165, 1.54) is 51.4 Å². The van der Waals surface area contributed by atoms with E-state index < -0.39 is 0 Å². The summed E-state index contributed by atoms with van der Waals surface area (Å²) in [5, 5.41) is 7.33. The van der Waals surface area contributed by atoms with Gasteiger partial charge in [-0.2, -0.15) is 10.1 Å². The van der Waals surface area contributed by atoms with Crippen molar-refractivity contribution in [2.45, 2.75) is 119 Å². The molecule has 2 atom stereocenters. The highest BCUT2D eigenvalue weighted by Crippen LogP contribution is 2.38. The lowest BCUT2D eigenvalue weighted by atomic mass is 9.91. The van der Waals surface area contributed by atoms with E-state index in [2.05, 4.69) is 64.5 Å². The SMILES string of the molecule is CCCCC(CC)CN(CC(CC)CCCC)c1nc(C(C)(C)C)c(/C=C2\C(=O)N(c3ccccc3C)N=C2C)s1. The number of anilines is 2. The molecular weight excluding hydrogens is 524 g/mol. The van der Waals surface area contributed by atoms with Crippen molar-refractivity contribution in [2.24, 2.45) is 16.9 Å². The van der Waals surface area contributed by atoms with Gasteiger partial charge in [0.05, 0.1) is 27.5 Å². The second-order valence-electron chi connectivity index (χ2n) is 12.8. The van der Waals surface area contributed by atoms with Crippen molar-refractivity contribution in [1.29, 1.82) is 0 Å². The summed E-state index contributed by atoms with van der Waals surface area (Å²) >= 11 is 1.75. The van der Waals surface area contributed by atoms with Crippen LogP contribution >= 0.6 is 11.3 Å². The molecule has 226 valence electrons. The molecule has 2 heterocycles. The Morgan fingerprint density at radius 2 is 1.54 bits per heavy atom. The first-order chi connectivity index (χ1) is 19.5. The largest absolute Gasteiger partial charge is 0.348 e. The smallest absolute Gasteiger partial charge is 0.280 e. The predicted molar refractivity (Wildman–Crippen MR) is 179 cm³/mol. The first-order valence-corrected chi connectivity index (χ1v) is 16.8. The van der Waals surface area contributed by atoms with E-state index in [1.54, 1.807) is 16.3 Å². The number of unbranched alkanes of at least 4 members (excludes halogenated alkanes) is 2. The van der Waals surface area contributed by atoms with Crippen LogP contribution in [0.2, 0.25) is 0 Å². The van der Waals surface area contributed by atoms with Gasteiger partial charge in [-0.3, -0.25) is 4.79 Å². The number of aryl methyl sites for hydroxylation is 1. The molecule has 2 unspecified atom stereocenters. The van der Waals surface area contributed by atoms with Crippen molar-refractivity contribution in [3.8, 4) is 0 Å². The Kier molecular flexibility index (Phi) is 12.2. The fourth-order valence-corrected chi connectivity index (χ4v) is 6.80. The maximum atomic E-state index is 13.7. The minimum absolute atomic E-state index is 0.0697. The number of aromatic nitrogens is 1. The van der Waals surface area contributed by atoms with E-state index in [0.29, 0.717) is 17.4 Å². The lowest BCUT2D eigenvalue weighted by molar-refractivity contribution is -0.114. The monoisotopic (exact) mass is 578 g/mol. The van der Waals surface area contributed by atoms with Crippen molar-refractivity contribution < 1.29 is 4.79 Å². The van der Waals surface area contributed by atoms with Crippen LogP contribution in [0.25, 0.3) is 6.08 Å². The lowest BCUT2D eigenvalue weighted by Gasteiger charge is -2.30. The molecule has 2 aromatic rings. The highest BCUT2D eigenvalue weighted by molar-refractivity contribution is 7.16. The van der Waals surface area contributed by atoms with E-state index in [1.807, 2.05) is 38.1 Å². The minimum atomic E-state index is -0.145. The number of amides is 1. The highest BCUT2D eigenvalue weighted by Gasteiger charge is 2.32. The van der Waals surface area contributed by atoms with E-state index >= 15 is 0 Å². The zero-order valence-electron chi connectivity index (χ0n) is 27.2. The molecule has 0 saturated carbocycles. The number of carbonyl (C=O) groups excluding carboxylic acids is 1. The minimum Gasteiger partial charge on any atom is -0.348 e. The Morgan fingerprint density at radius 3 is 2.05 bits per heavy atom. The van der Waals surface area contributed by atoms with Crippen LogP contribution in [0.1, 0.15) is 123 Å². The summed E-state index contributed by atoms with van der Waals surface area (Å²) in [5.41, 5.74) is 4.20. The number of rotatable bonds is 15. The standard InChI is InChI=1S/C35H54N4OS/c1-10-14-19-27(12-3)23-38(24-28(13-4)20-15-11-2)34-36-32(35(7,8)9)31(41-34)22-29-26(6)37-39(33(29)40)30-21-17-16-18-25(30)5/h16-18,21-22,27-28H,10-15,19-20,23-24H2,1-9H3/b29-22-. The first-order valence-electron chi connectivity index (χ1n) is 16.0. The molecule has 0 saturated heterocycles. The van der Waals surface area contributed by atoms with Gasteiger partial charge in [0, 0.05) is 18.5 Å². The number of nitrogens with zero attached hydrogens (tertiary/aromatic N) is 4. The molecule has 5 nitrogen and oxygen atoms in total. The Hall–Kier alpha value is -2.47. The summed E-state index contributed by atoms with van der Waals surface area (Å²) in [6.45, 7) is 22.0. The molecule has 0 bridgehead atoms. The van der Waals surface area contributed by atoms with Crippen LogP contribution in [0, 0.1) is 18.8 Å². The third kappa shape index (κ3) is 8.53. The van der Waals surface area contributed by atoms with Crippen molar-refractivity contribution in [2.75, 3.05) is 23.0 Å². The van der Waals surface area contributed by atoms with Crippen LogP contribution in [-0.4, -0.2) is 29.7 Å². The van der Waals surface area contributed by atoms with E-state index in [-0.39, 0.29) is 11.3 Å². The molecule has 0 aliphatic carbocycles. The number of benzene rings is 1. The Labute approximate surface area is 254 Å². The second-order valence-corrected chi connectivity index (χ2v) is 13.9. The highest BCUT2D eigenvalue weighted by atomic mass is 32.1. The number of para-hydroxylation sites is 1. The summed E-state index contributed by atoms with van der Waals surface area (Å²) in [4.78, 5) is 22.7. The van der Waals surface area contributed by atoms with Crippen molar-refractivity contribution in [3.05, 3.63) is 46.0 Å². The third-order valence-electron chi connectivity index (χ3n) is 8.35. The van der Waals surface area contributed by atoms with E-state index in [9.17, 15) is 4.79 Å². The van der Waals surface area contributed by atoms with Crippen LogP contribution in [-0.2, 0) is 10.2 Å². The zero-order valence-corrected chi connectivity index (χ0v) is 28.0. The van der Waals surface area contributed by atoms with Gasteiger partial charge in [-0.25, -0.2) is 4.98 Å². The fourth-order valence-electron chi connectivity index (χ4n) is 5.56. The molecule has 0 N–H and O–H groups in total. The molecule has 1 aromatic heterocycles. The van der Waals surface area contributed by atoms with Crippen molar-refractivity contribution >= 4 is 39.9 Å². The topological polar surface area (TPSA) is 48.8 Å². The van der Waals surface area contributed by atoms with Crippen molar-refractivity contribution in [1.82, 2.24) is 4.98 Å². The number of hydrogen-bond donors (Lipinski definition) is 0. The van der Waals surface area contributed by atoms with Crippen molar-refractivity contribution in [3.63, 3.8) is 0 Å². The Bertz CT molecular complexity index is 1190. The van der Waals surface area contributed by atoms with Gasteiger partial charge in [-0.15, -0.1) is 0 Å². The van der Waals surface area contributed by atoms with Gasteiger partial charge in [0.15, 0.2) is 5.13 Å². The maximum absolute atomic E-state index is 13.7. The average molecular weight is 579 g/mol. The maximum Gasteiger partial charge on any atom is 0.280 e. The molecule has 1 aliphatic rings. The van der Waals surface area contributed by atoms with Gasteiger partial charge in [0.25, 0.3) is 5.91 Å². The molecular formula is C35H54N4OS. The summed E-state index contributed by atoms with van der Waals surface area (Å²) in [6.07, 6.45) is 12.0. The zero-order chi connectivity index (χ0) is 30.2. The normalized spacial score (nSPS) is 16.4. The van der Waals surface area contributed by atoms with Gasteiger partial charge in [-0.05, 0) is 56.2 Å². The Balaban J connectivity index is 2.02. The Morgan fingerprint density at radius 1 is 0.951 bits per heavy atom. The second kappa shape index (κ2) is 15.1. The van der Waals surface area contributed by atoms with Gasteiger partial charge in [0.2, 0.25) is 0 Å². The molecule has 1 aromatic carbocycles. The first kappa shape index (κ1) is 33.0. The number of hydrazone groups is 1. The number of carbonyl (C=O) groups is 1. The van der Waals surface area contributed by atoms with E-state index in [0.717, 1.165) is 45.8 Å². The summed E-state index contributed by atoms with van der Waals surface area (Å²) in [7, 11) is 0. The van der Waals surface area contributed by atoms with Crippen LogP contribution < -0.4 is 9.91 Å². The summed E-state index contributed by atoms with van der Waals surface area (Å²) in [6, 6.07) is 7.92. The third-order valence-corrected chi connectivity index (χ3v) is 9.41. The van der Waals surface area contributed by atoms with E-state index in [4.69, 9.17) is 4.98 Å². The van der Waals surface area contributed by atoms with Crippen LogP contribution in [0.3, 0.4) is 0 Å². The van der Waals surface area contributed by atoms with Crippen LogP contribution in [0.4, 0.5) is 10.8 Å². The molecule has 41 heavy (non-hydrogen) atoms. The molecule has 1 amide bonds. The quantitative estimate of drug-likeness (QED) is 0.198. The molecule has 0 radical (unpaired) electrons. The van der Waals surface area contributed by atoms with Crippen LogP contribution in [0.15, 0.2) is 34.9 Å². The van der Waals surface area contributed by atoms with Gasteiger partial charge < -0.3 is 4.90 Å². The summed E-state index contributed by atoms with van der Waals surface area (Å²) < 4.78 is 0. The number of hydrogen-bond acceptors (Lipinski definition) is 5. The van der Waals surface area contributed by atoms with Gasteiger partial charge in [-0.1, -0.05) is 117 Å².